The minimum absolute atomic E-state index is 0.152. The topological polar surface area (TPSA) is 70.1 Å². The van der Waals surface area contributed by atoms with Gasteiger partial charge in [-0.25, -0.2) is 4.98 Å². The maximum absolute atomic E-state index is 9.50. The minimum Gasteiger partial charge on any atom is -0.393 e. The molecule has 1 aromatic rings. The molecule has 0 unspecified atom stereocenters. The third kappa shape index (κ3) is 4.21. The van der Waals surface area contributed by atoms with Gasteiger partial charge in [0.25, 0.3) is 0 Å². The molecule has 6 heteroatoms. The van der Waals surface area contributed by atoms with Crippen LogP contribution in [0.2, 0.25) is 5.02 Å². The number of hydrogen-bond acceptors (Lipinski definition) is 5. The molecule has 0 aliphatic heterocycles. The highest BCUT2D eigenvalue weighted by molar-refractivity contribution is 6.32. The molecule has 0 radical (unpaired) electrons. The number of halogens is 1. The van der Waals surface area contributed by atoms with E-state index in [1.54, 1.807) is 6.20 Å². The zero-order valence-electron chi connectivity index (χ0n) is 11.2. The average molecular weight is 285 g/mol. The summed E-state index contributed by atoms with van der Waals surface area (Å²) < 4.78 is 0. The Balaban J connectivity index is 1.98. The first-order valence-electron chi connectivity index (χ1n) is 6.90. The van der Waals surface area contributed by atoms with E-state index in [9.17, 15) is 5.11 Å². The van der Waals surface area contributed by atoms with Gasteiger partial charge in [-0.15, -0.1) is 0 Å². The van der Waals surface area contributed by atoms with Crippen LogP contribution < -0.4 is 10.6 Å². The van der Waals surface area contributed by atoms with Crippen molar-refractivity contribution in [1.82, 2.24) is 9.97 Å². The minimum atomic E-state index is -0.152. The van der Waals surface area contributed by atoms with Crippen molar-refractivity contribution < 1.29 is 5.11 Å². The summed E-state index contributed by atoms with van der Waals surface area (Å²) in [5, 5.41) is 16.5. The number of aliphatic hydroxyl groups excluding tert-OH is 1. The number of nitrogens with one attached hydrogen (secondary N) is 2. The normalized spacial score (nSPS) is 23.1. The van der Waals surface area contributed by atoms with E-state index in [2.05, 4.69) is 27.5 Å². The fourth-order valence-electron chi connectivity index (χ4n) is 2.20. The average Bonchev–Trinajstić information content (AvgIpc) is 2.42. The van der Waals surface area contributed by atoms with Crippen molar-refractivity contribution in [3.8, 4) is 0 Å². The van der Waals surface area contributed by atoms with Crippen LogP contribution in [0.4, 0.5) is 11.8 Å². The van der Waals surface area contributed by atoms with Gasteiger partial charge in [0, 0.05) is 12.6 Å². The molecule has 3 N–H and O–H groups in total. The summed E-state index contributed by atoms with van der Waals surface area (Å²) in [6.45, 7) is 2.94. The zero-order valence-corrected chi connectivity index (χ0v) is 12.0. The molecular formula is C13H21ClN4O. The lowest BCUT2D eigenvalue weighted by atomic mass is 9.93. The van der Waals surface area contributed by atoms with E-state index in [1.807, 2.05) is 0 Å². The first-order valence-corrected chi connectivity index (χ1v) is 7.28. The Bertz CT molecular complexity index is 408. The molecule has 1 aliphatic carbocycles. The third-order valence-corrected chi connectivity index (χ3v) is 3.59. The Morgan fingerprint density at radius 1 is 1.37 bits per heavy atom. The van der Waals surface area contributed by atoms with E-state index in [0.29, 0.717) is 22.8 Å². The van der Waals surface area contributed by atoms with E-state index in [-0.39, 0.29) is 6.10 Å². The number of aromatic nitrogens is 2. The summed E-state index contributed by atoms with van der Waals surface area (Å²) >= 11 is 6.11. The van der Waals surface area contributed by atoms with Crippen LogP contribution in [0.1, 0.15) is 39.0 Å². The van der Waals surface area contributed by atoms with Gasteiger partial charge in [0.05, 0.1) is 12.3 Å². The van der Waals surface area contributed by atoms with Crippen molar-refractivity contribution in [2.45, 2.75) is 51.2 Å². The summed E-state index contributed by atoms with van der Waals surface area (Å²) in [5.74, 6) is 1.28. The van der Waals surface area contributed by atoms with Crippen LogP contribution in [-0.2, 0) is 0 Å². The molecule has 1 aromatic heterocycles. The molecule has 0 atom stereocenters. The second-order valence-electron chi connectivity index (χ2n) is 4.97. The lowest BCUT2D eigenvalue weighted by Gasteiger charge is -2.26. The van der Waals surface area contributed by atoms with Gasteiger partial charge in [-0.05, 0) is 32.1 Å². The van der Waals surface area contributed by atoms with E-state index in [0.717, 1.165) is 38.6 Å². The van der Waals surface area contributed by atoms with Crippen LogP contribution in [0.25, 0.3) is 0 Å². The molecule has 1 saturated carbocycles. The number of anilines is 2. The van der Waals surface area contributed by atoms with Gasteiger partial charge < -0.3 is 15.7 Å². The van der Waals surface area contributed by atoms with E-state index < -0.39 is 0 Å². The van der Waals surface area contributed by atoms with Gasteiger partial charge in [-0.1, -0.05) is 18.5 Å². The number of hydrogen-bond donors (Lipinski definition) is 3. The second kappa shape index (κ2) is 6.91. The fraction of sp³-hybridized carbons (Fsp3) is 0.692. The van der Waals surface area contributed by atoms with Gasteiger partial charge in [0.1, 0.15) is 5.02 Å². The number of rotatable bonds is 5. The standard InChI is InChI=1S/C13H21ClN4O/c1-2-7-15-13-16-8-11(14)12(18-13)17-9-3-5-10(19)6-4-9/h8-10,19H,2-7H2,1H3,(H2,15,16,17,18). The van der Waals surface area contributed by atoms with Crippen LogP contribution in [0.15, 0.2) is 6.20 Å². The maximum Gasteiger partial charge on any atom is 0.224 e. The van der Waals surface area contributed by atoms with Crippen LogP contribution in [0, 0.1) is 0 Å². The van der Waals surface area contributed by atoms with Gasteiger partial charge in [-0.2, -0.15) is 4.98 Å². The fourth-order valence-corrected chi connectivity index (χ4v) is 2.35. The zero-order chi connectivity index (χ0) is 13.7. The molecule has 0 saturated heterocycles. The van der Waals surface area contributed by atoms with E-state index in [4.69, 9.17) is 11.6 Å². The van der Waals surface area contributed by atoms with Gasteiger partial charge in [0.15, 0.2) is 5.82 Å². The van der Waals surface area contributed by atoms with Gasteiger partial charge >= 0.3 is 0 Å². The molecule has 19 heavy (non-hydrogen) atoms. The molecule has 5 nitrogen and oxygen atoms in total. The Morgan fingerprint density at radius 2 is 2.11 bits per heavy atom. The quantitative estimate of drug-likeness (QED) is 0.775. The summed E-state index contributed by atoms with van der Waals surface area (Å²) in [4.78, 5) is 8.54. The maximum atomic E-state index is 9.50. The molecule has 0 amide bonds. The monoisotopic (exact) mass is 284 g/mol. The van der Waals surface area contributed by atoms with Crippen molar-refractivity contribution in [2.75, 3.05) is 17.2 Å². The van der Waals surface area contributed by atoms with E-state index in [1.165, 1.54) is 0 Å². The van der Waals surface area contributed by atoms with Crippen molar-refractivity contribution >= 4 is 23.4 Å². The summed E-state index contributed by atoms with van der Waals surface area (Å²) in [6.07, 6.45) is 6.05. The third-order valence-electron chi connectivity index (χ3n) is 3.31. The van der Waals surface area contributed by atoms with Crippen molar-refractivity contribution in [1.29, 1.82) is 0 Å². The molecule has 1 aliphatic rings. The first kappa shape index (κ1) is 14.3. The summed E-state index contributed by atoms with van der Waals surface area (Å²) in [5.41, 5.74) is 0. The second-order valence-corrected chi connectivity index (χ2v) is 5.37. The first-order chi connectivity index (χ1) is 9.19. The molecule has 1 fully saturated rings. The molecule has 106 valence electrons. The molecule has 0 spiro atoms. The molecular weight excluding hydrogens is 264 g/mol. The molecule has 2 rings (SSSR count). The largest absolute Gasteiger partial charge is 0.393 e. The highest BCUT2D eigenvalue weighted by atomic mass is 35.5. The highest BCUT2D eigenvalue weighted by Crippen LogP contribution is 2.25. The Kier molecular flexibility index (Phi) is 5.22. The van der Waals surface area contributed by atoms with Crippen LogP contribution >= 0.6 is 11.6 Å². The van der Waals surface area contributed by atoms with Gasteiger partial charge in [0.2, 0.25) is 5.95 Å². The summed E-state index contributed by atoms with van der Waals surface area (Å²) in [6, 6.07) is 0.329. The molecule has 0 aromatic carbocycles. The van der Waals surface area contributed by atoms with Crippen molar-refractivity contribution in [3.63, 3.8) is 0 Å². The smallest absolute Gasteiger partial charge is 0.224 e. The molecule has 1 heterocycles. The lowest BCUT2D eigenvalue weighted by molar-refractivity contribution is 0.126. The lowest BCUT2D eigenvalue weighted by Crippen LogP contribution is -2.28. The molecule has 0 bridgehead atoms. The SMILES string of the molecule is CCCNc1ncc(Cl)c(NC2CCC(O)CC2)n1. The van der Waals surface area contributed by atoms with Crippen LogP contribution in [-0.4, -0.2) is 33.8 Å². The van der Waals surface area contributed by atoms with Crippen LogP contribution in [0.3, 0.4) is 0 Å². The van der Waals surface area contributed by atoms with Crippen LogP contribution in [0.5, 0.6) is 0 Å². The Morgan fingerprint density at radius 3 is 2.79 bits per heavy atom. The predicted octanol–water partition coefficient (Wildman–Crippen LogP) is 2.67. The van der Waals surface area contributed by atoms with Crippen molar-refractivity contribution in [3.05, 3.63) is 11.2 Å². The summed E-state index contributed by atoms with van der Waals surface area (Å²) in [7, 11) is 0. The van der Waals surface area contributed by atoms with Gasteiger partial charge in [-0.3, -0.25) is 0 Å². The van der Waals surface area contributed by atoms with E-state index >= 15 is 0 Å². The number of aliphatic hydroxyl groups is 1. The van der Waals surface area contributed by atoms with Crippen molar-refractivity contribution in [2.24, 2.45) is 0 Å². The Labute approximate surface area is 118 Å². The highest BCUT2D eigenvalue weighted by Gasteiger charge is 2.20. The predicted molar refractivity (Wildman–Crippen MR) is 77.7 cm³/mol. The Hall–Kier alpha value is -1.07. The number of nitrogens with zero attached hydrogens (tertiary/aromatic N) is 2.